The van der Waals surface area contributed by atoms with Gasteiger partial charge in [0, 0.05) is 6.04 Å². The van der Waals surface area contributed by atoms with E-state index >= 15 is 0 Å². The van der Waals surface area contributed by atoms with Gasteiger partial charge < -0.3 is 5.73 Å². The molecule has 5 nitrogen and oxygen atoms in total. The summed E-state index contributed by atoms with van der Waals surface area (Å²) in [5, 5.41) is 8.66. The molecule has 0 radical (unpaired) electrons. The summed E-state index contributed by atoms with van der Waals surface area (Å²) in [4.78, 5) is -0.431. The van der Waals surface area contributed by atoms with Crippen LogP contribution in [-0.4, -0.2) is 21.0 Å². The zero-order valence-electron chi connectivity index (χ0n) is 10.8. The predicted molar refractivity (Wildman–Crippen MR) is 71.6 cm³/mol. The molecule has 3 N–H and O–H groups in total. The van der Waals surface area contributed by atoms with Gasteiger partial charge in [-0.2, -0.15) is 5.26 Å². The Kier molecular flexibility index (Phi) is 4.38. The average Bonchev–Trinajstić information content (AvgIpc) is 2.84. The van der Waals surface area contributed by atoms with E-state index in [9.17, 15) is 12.8 Å². The van der Waals surface area contributed by atoms with Crippen molar-refractivity contribution >= 4 is 10.0 Å². The van der Waals surface area contributed by atoms with E-state index in [1.165, 1.54) is 6.07 Å². The maximum atomic E-state index is 13.8. The number of benzene rings is 1. The van der Waals surface area contributed by atoms with Gasteiger partial charge in [0.05, 0.1) is 11.6 Å². The van der Waals surface area contributed by atoms with E-state index in [1.54, 1.807) is 6.07 Å². The molecule has 0 unspecified atom stereocenters. The van der Waals surface area contributed by atoms with Crippen LogP contribution < -0.4 is 10.5 Å². The lowest BCUT2D eigenvalue weighted by molar-refractivity contribution is 0.451. The Balaban J connectivity index is 2.25. The third-order valence-electron chi connectivity index (χ3n) is 3.62. The minimum absolute atomic E-state index is 0.0853. The summed E-state index contributed by atoms with van der Waals surface area (Å²) in [5.74, 6) is -0.829. The number of hydrogen-bond acceptors (Lipinski definition) is 4. The average molecular weight is 297 g/mol. The minimum Gasteiger partial charge on any atom is -0.330 e. The number of nitriles is 1. The Morgan fingerprint density at radius 2 is 2.20 bits per heavy atom. The Bertz CT molecular complexity index is 640. The Morgan fingerprint density at radius 3 is 2.80 bits per heavy atom. The molecule has 1 fully saturated rings. The highest BCUT2D eigenvalue weighted by atomic mass is 32.2. The molecule has 108 valence electrons. The number of nitrogens with zero attached hydrogens (tertiary/aromatic N) is 1. The van der Waals surface area contributed by atoms with Crippen molar-refractivity contribution in [1.29, 1.82) is 5.26 Å². The van der Waals surface area contributed by atoms with Gasteiger partial charge in [-0.1, -0.05) is 6.42 Å². The van der Waals surface area contributed by atoms with E-state index in [0.717, 1.165) is 25.0 Å². The molecule has 0 amide bonds. The van der Waals surface area contributed by atoms with Crippen LogP contribution in [0.5, 0.6) is 0 Å². The molecule has 0 saturated heterocycles. The molecule has 0 aliphatic heterocycles. The summed E-state index contributed by atoms with van der Waals surface area (Å²) in [7, 11) is -3.93. The highest BCUT2D eigenvalue weighted by molar-refractivity contribution is 7.89. The minimum atomic E-state index is -3.93. The second-order valence-corrected chi connectivity index (χ2v) is 6.59. The predicted octanol–water partition coefficient (Wildman–Crippen LogP) is 1.10. The van der Waals surface area contributed by atoms with E-state index in [0.29, 0.717) is 13.0 Å². The van der Waals surface area contributed by atoms with Crippen molar-refractivity contribution in [3.63, 3.8) is 0 Å². The van der Waals surface area contributed by atoms with Gasteiger partial charge >= 0.3 is 0 Å². The summed E-state index contributed by atoms with van der Waals surface area (Å²) in [6.07, 6.45) is 2.49. The molecule has 1 saturated carbocycles. The van der Waals surface area contributed by atoms with E-state index < -0.39 is 20.7 Å². The quantitative estimate of drug-likeness (QED) is 0.870. The van der Waals surface area contributed by atoms with Crippen LogP contribution in [0.25, 0.3) is 0 Å². The van der Waals surface area contributed by atoms with Crippen molar-refractivity contribution in [3.05, 3.63) is 29.6 Å². The number of halogens is 1. The first-order chi connectivity index (χ1) is 9.47. The van der Waals surface area contributed by atoms with Crippen molar-refractivity contribution in [2.45, 2.75) is 30.2 Å². The van der Waals surface area contributed by atoms with Gasteiger partial charge in [0.2, 0.25) is 10.0 Å². The second-order valence-electron chi connectivity index (χ2n) is 4.91. The molecule has 0 heterocycles. The van der Waals surface area contributed by atoms with Crippen LogP contribution in [0.2, 0.25) is 0 Å². The fourth-order valence-electron chi connectivity index (χ4n) is 2.53. The normalized spacial score (nSPS) is 22.6. The van der Waals surface area contributed by atoms with Gasteiger partial charge in [-0.05, 0) is 43.5 Å². The molecule has 1 aromatic rings. The van der Waals surface area contributed by atoms with Gasteiger partial charge in [-0.3, -0.25) is 0 Å². The third kappa shape index (κ3) is 2.98. The summed E-state index contributed by atoms with van der Waals surface area (Å²) in [6, 6.07) is 4.83. The molecular weight excluding hydrogens is 281 g/mol. The summed E-state index contributed by atoms with van der Waals surface area (Å²) in [6.45, 7) is 0.406. The van der Waals surface area contributed by atoms with Crippen LogP contribution in [-0.2, 0) is 10.0 Å². The van der Waals surface area contributed by atoms with Gasteiger partial charge in [0.15, 0.2) is 0 Å². The molecule has 1 aliphatic carbocycles. The molecule has 7 heteroatoms. The van der Waals surface area contributed by atoms with E-state index in [4.69, 9.17) is 11.0 Å². The highest BCUT2D eigenvalue weighted by Crippen LogP contribution is 2.26. The highest BCUT2D eigenvalue weighted by Gasteiger charge is 2.31. The zero-order valence-corrected chi connectivity index (χ0v) is 11.7. The lowest BCUT2D eigenvalue weighted by Gasteiger charge is -2.19. The van der Waals surface area contributed by atoms with Gasteiger partial charge in [-0.25, -0.2) is 17.5 Å². The second kappa shape index (κ2) is 5.87. The van der Waals surface area contributed by atoms with Crippen molar-refractivity contribution in [2.75, 3.05) is 6.54 Å². The molecule has 1 aliphatic rings. The molecule has 20 heavy (non-hydrogen) atoms. The van der Waals surface area contributed by atoms with Crippen molar-refractivity contribution in [1.82, 2.24) is 4.72 Å². The summed E-state index contributed by atoms with van der Waals surface area (Å²) in [5.41, 5.74) is 5.69. The molecule has 1 aromatic carbocycles. The van der Waals surface area contributed by atoms with Gasteiger partial charge in [0.1, 0.15) is 10.7 Å². The van der Waals surface area contributed by atoms with Gasteiger partial charge in [-0.15, -0.1) is 0 Å². The van der Waals surface area contributed by atoms with E-state index in [1.807, 2.05) is 0 Å². The van der Waals surface area contributed by atoms with Crippen LogP contribution in [0.3, 0.4) is 0 Å². The topological polar surface area (TPSA) is 96.0 Å². The third-order valence-corrected chi connectivity index (χ3v) is 5.14. The van der Waals surface area contributed by atoms with Crippen molar-refractivity contribution in [3.8, 4) is 6.07 Å². The van der Waals surface area contributed by atoms with Crippen LogP contribution in [0.15, 0.2) is 23.1 Å². The molecule has 0 bridgehead atoms. The Morgan fingerprint density at radius 1 is 1.45 bits per heavy atom. The largest absolute Gasteiger partial charge is 0.330 e. The Labute approximate surface area is 117 Å². The zero-order chi connectivity index (χ0) is 14.8. The van der Waals surface area contributed by atoms with Gasteiger partial charge in [0.25, 0.3) is 0 Å². The first kappa shape index (κ1) is 14.9. The standard InChI is InChI=1S/C13H16FN3O2S/c14-11-6-9(7-15)4-5-13(11)20(18,19)17-12-3-1-2-10(12)8-16/h4-6,10,12,17H,1-3,8,16H2/t10-,12-/m1/s1. The molecule has 0 aromatic heterocycles. The number of hydrogen-bond donors (Lipinski definition) is 2. The fraction of sp³-hybridized carbons (Fsp3) is 0.462. The lowest BCUT2D eigenvalue weighted by atomic mass is 10.1. The summed E-state index contributed by atoms with van der Waals surface area (Å²) < 4.78 is 40.7. The lowest BCUT2D eigenvalue weighted by Crippen LogP contribution is -2.40. The van der Waals surface area contributed by atoms with Crippen LogP contribution in [0.1, 0.15) is 24.8 Å². The fourth-order valence-corrected chi connectivity index (χ4v) is 3.92. The molecular formula is C13H16FN3O2S. The monoisotopic (exact) mass is 297 g/mol. The number of sulfonamides is 1. The summed E-state index contributed by atoms with van der Waals surface area (Å²) >= 11 is 0. The Hall–Kier alpha value is -1.49. The van der Waals surface area contributed by atoms with Crippen molar-refractivity contribution in [2.24, 2.45) is 11.7 Å². The molecule has 2 atom stereocenters. The van der Waals surface area contributed by atoms with E-state index in [-0.39, 0.29) is 17.5 Å². The van der Waals surface area contributed by atoms with E-state index in [2.05, 4.69) is 4.72 Å². The van der Waals surface area contributed by atoms with Crippen LogP contribution in [0.4, 0.5) is 4.39 Å². The first-order valence-corrected chi connectivity index (χ1v) is 7.88. The smallest absolute Gasteiger partial charge is 0.243 e. The first-order valence-electron chi connectivity index (χ1n) is 6.40. The maximum absolute atomic E-state index is 13.8. The molecule has 0 spiro atoms. The molecule has 2 rings (SSSR count). The van der Waals surface area contributed by atoms with Crippen LogP contribution >= 0.6 is 0 Å². The van der Waals surface area contributed by atoms with Crippen molar-refractivity contribution < 1.29 is 12.8 Å². The maximum Gasteiger partial charge on any atom is 0.243 e. The number of nitrogens with one attached hydrogen (secondary N) is 1. The SMILES string of the molecule is N#Cc1ccc(S(=O)(=O)N[C@@H]2CCC[C@@H]2CN)c(F)c1. The van der Waals surface area contributed by atoms with Crippen LogP contribution in [0, 0.1) is 23.1 Å². The number of rotatable bonds is 4. The number of nitrogens with two attached hydrogens (primary N) is 1.